The molecule has 174 valence electrons. The lowest BCUT2D eigenvalue weighted by molar-refractivity contribution is -0.123. The summed E-state index contributed by atoms with van der Waals surface area (Å²) < 4.78 is 0. The molecule has 0 spiro atoms. The number of aliphatic hydroxyl groups is 2. The summed E-state index contributed by atoms with van der Waals surface area (Å²) in [6.45, 7) is 4.26. The number of aliphatic hydroxyl groups excluding tert-OH is 2. The highest BCUT2D eigenvalue weighted by Gasteiger charge is 2.19. The molecule has 0 aliphatic heterocycles. The molecule has 29 heavy (non-hydrogen) atoms. The van der Waals surface area contributed by atoms with E-state index in [4.69, 9.17) is 0 Å². The van der Waals surface area contributed by atoms with E-state index in [1.54, 1.807) is 0 Å². The second-order valence-corrected chi connectivity index (χ2v) is 8.77. The van der Waals surface area contributed by atoms with Gasteiger partial charge in [-0.2, -0.15) is 0 Å². The summed E-state index contributed by atoms with van der Waals surface area (Å²) in [5.41, 5.74) is 0. The quantitative estimate of drug-likeness (QED) is 0.183. The lowest BCUT2D eigenvalue weighted by atomic mass is 10.0. The molecule has 4 heteroatoms. The third kappa shape index (κ3) is 19.1. The van der Waals surface area contributed by atoms with Crippen molar-refractivity contribution in [2.24, 2.45) is 0 Å². The van der Waals surface area contributed by atoms with E-state index in [0.29, 0.717) is 12.8 Å². The molecule has 1 amide bonds. The molecule has 0 saturated carbocycles. The maximum Gasteiger partial charge on any atom is 0.220 e. The average Bonchev–Trinajstić information content (AvgIpc) is 2.72. The number of carbonyl (C=O) groups is 1. The SMILES string of the molecule is CCCCCCCCCCCCCC(O)C(CO)NC(=O)CCCCCCCC. The van der Waals surface area contributed by atoms with Crippen LogP contribution in [0.3, 0.4) is 0 Å². The van der Waals surface area contributed by atoms with E-state index in [9.17, 15) is 15.0 Å². The third-order valence-electron chi connectivity index (χ3n) is 5.87. The molecule has 0 saturated heterocycles. The van der Waals surface area contributed by atoms with Crippen LogP contribution in [0.1, 0.15) is 136 Å². The van der Waals surface area contributed by atoms with Crippen LogP contribution in [0.2, 0.25) is 0 Å². The van der Waals surface area contributed by atoms with Gasteiger partial charge in [-0.1, -0.05) is 117 Å². The van der Waals surface area contributed by atoms with Gasteiger partial charge in [0.1, 0.15) is 0 Å². The summed E-state index contributed by atoms with van der Waals surface area (Å²) in [7, 11) is 0. The number of nitrogens with one attached hydrogen (secondary N) is 1. The van der Waals surface area contributed by atoms with Crippen LogP contribution >= 0.6 is 0 Å². The van der Waals surface area contributed by atoms with Crippen LogP contribution in [0.15, 0.2) is 0 Å². The number of carbonyl (C=O) groups excluding carboxylic acids is 1. The van der Waals surface area contributed by atoms with E-state index >= 15 is 0 Å². The summed E-state index contributed by atoms with van der Waals surface area (Å²) in [6, 6.07) is -0.522. The van der Waals surface area contributed by atoms with Gasteiger partial charge >= 0.3 is 0 Å². The molecule has 0 bridgehead atoms. The van der Waals surface area contributed by atoms with Gasteiger partial charge in [0.2, 0.25) is 5.91 Å². The van der Waals surface area contributed by atoms with Gasteiger partial charge in [-0.15, -0.1) is 0 Å². The van der Waals surface area contributed by atoms with Crippen molar-refractivity contribution in [1.82, 2.24) is 5.32 Å². The predicted molar refractivity (Wildman–Crippen MR) is 124 cm³/mol. The minimum Gasteiger partial charge on any atom is -0.394 e. The Morgan fingerprint density at radius 1 is 0.690 bits per heavy atom. The molecule has 0 fully saturated rings. The zero-order valence-electron chi connectivity index (χ0n) is 19.6. The number of rotatable bonds is 22. The summed E-state index contributed by atoms with van der Waals surface area (Å²) >= 11 is 0. The van der Waals surface area contributed by atoms with E-state index in [1.165, 1.54) is 83.5 Å². The van der Waals surface area contributed by atoms with Crippen molar-refractivity contribution in [1.29, 1.82) is 0 Å². The van der Waals surface area contributed by atoms with Gasteiger partial charge in [0, 0.05) is 6.42 Å². The van der Waals surface area contributed by atoms with Gasteiger partial charge in [-0.05, 0) is 12.8 Å². The summed E-state index contributed by atoms with van der Waals surface area (Å²) in [6.07, 6.45) is 21.5. The van der Waals surface area contributed by atoms with Gasteiger partial charge in [0.05, 0.1) is 18.8 Å². The second kappa shape index (κ2) is 22.1. The smallest absolute Gasteiger partial charge is 0.220 e. The van der Waals surface area contributed by atoms with Crippen LogP contribution < -0.4 is 5.32 Å². The first-order valence-corrected chi connectivity index (χ1v) is 12.7. The molecular weight excluding hydrogens is 362 g/mol. The van der Waals surface area contributed by atoms with Crippen molar-refractivity contribution in [3.05, 3.63) is 0 Å². The molecule has 2 atom stereocenters. The zero-order valence-corrected chi connectivity index (χ0v) is 19.6. The first-order valence-electron chi connectivity index (χ1n) is 12.7. The Morgan fingerprint density at radius 3 is 1.55 bits per heavy atom. The van der Waals surface area contributed by atoms with Crippen LogP contribution in [0, 0.1) is 0 Å². The predicted octanol–water partition coefficient (Wildman–Crippen LogP) is 6.28. The molecule has 0 aromatic heterocycles. The van der Waals surface area contributed by atoms with Crippen LogP contribution in [0.25, 0.3) is 0 Å². The zero-order chi connectivity index (χ0) is 21.6. The Morgan fingerprint density at radius 2 is 1.10 bits per heavy atom. The van der Waals surface area contributed by atoms with E-state index < -0.39 is 12.1 Å². The van der Waals surface area contributed by atoms with Crippen molar-refractivity contribution >= 4 is 5.91 Å². The van der Waals surface area contributed by atoms with Crippen molar-refractivity contribution in [2.45, 2.75) is 148 Å². The Labute approximate surface area is 181 Å². The third-order valence-corrected chi connectivity index (χ3v) is 5.87. The van der Waals surface area contributed by atoms with E-state index in [0.717, 1.165) is 25.7 Å². The lowest BCUT2D eigenvalue weighted by Crippen LogP contribution is -2.45. The molecule has 2 unspecified atom stereocenters. The van der Waals surface area contributed by atoms with Crippen LogP contribution in [0.5, 0.6) is 0 Å². The molecule has 0 aromatic carbocycles. The topological polar surface area (TPSA) is 69.6 Å². The van der Waals surface area contributed by atoms with Gasteiger partial charge in [-0.25, -0.2) is 0 Å². The average molecular weight is 414 g/mol. The van der Waals surface area contributed by atoms with Gasteiger partial charge in [-0.3, -0.25) is 4.79 Å². The van der Waals surface area contributed by atoms with Gasteiger partial charge < -0.3 is 15.5 Å². The van der Waals surface area contributed by atoms with Crippen LogP contribution in [-0.4, -0.2) is 34.9 Å². The first-order chi connectivity index (χ1) is 14.2. The van der Waals surface area contributed by atoms with Crippen LogP contribution in [0.4, 0.5) is 0 Å². The maximum absolute atomic E-state index is 12.0. The summed E-state index contributed by atoms with van der Waals surface area (Å²) in [4.78, 5) is 12.0. The Bertz CT molecular complexity index is 349. The molecule has 0 heterocycles. The van der Waals surface area contributed by atoms with Gasteiger partial charge in [0.25, 0.3) is 0 Å². The Hall–Kier alpha value is -0.610. The highest BCUT2D eigenvalue weighted by molar-refractivity contribution is 5.76. The van der Waals surface area contributed by atoms with E-state index in [2.05, 4.69) is 19.2 Å². The number of hydrogen-bond donors (Lipinski definition) is 3. The highest BCUT2D eigenvalue weighted by Crippen LogP contribution is 2.13. The lowest BCUT2D eigenvalue weighted by Gasteiger charge is -2.22. The fraction of sp³-hybridized carbons (Fsp3) is 0.960. The van der Waals surface area contributed by atoms with Crippen molar-refractivity contribution in [2.75, 3.05) is 6.61 Å². The molecule has 0 radical (unpaired) electrons. The second-order valence-electron chi connectivity index (χ2n) is 8.77. The molecule has 4 nitrogen and oxygen atoms in total. The molecule has 0 rings (SSSR count). The van der Waals surface area contributed by atoms with E-state index in [-0.39, 0.29) is 12.5 Å². The minimum absolute atomic E-state index is 0.0440. The largest absolute Gasteiger partial charge is 0.394 e. The summed E-state index contributed by atoms with van der Waals surface area (Å²) in [5, 5.41) is 22.6. The molecular formula is C25H51NO3. The van der Waals surface area contributed by atoms with Crippen molar-refractivity contribution < 1.29 is 15.0 Å². The number of amides is 1. The highest BCUT2D eigenvalue weighted by atomic mass is 16.3. The Kier molecular flexibility index (Phi) is 21.6. The minimum atomic E-state index is -0.646. The van der Waals surface area contributed by atoms with Crippen molar-refractivity contribution in [3.8, 4) is 0 Å². The standard InChI is InChI=1S/C25H51NO3/c1-3-5-7-9-11-12-13-14-15-16-18-20-24(28)23(22-27)26-25(29)21-19-17-10-8-6-4-2/h23-24,27-28H,3-22H2,1-2H3,(H,26,29). The Balaban J connectivity index is 3.63. The number of hydrogen-bond acceptors (Lipinski definition) is 3. The van der Waals surface area contributed by atoms with Gasteiger partial charge in [0.15, 0.2) is 0 Å². The van der Waals surface area contributed by atoms with Crippen molar-refractivity contribution in [3.63, 3.8) is 0 Å². The molecule has 0 aromatic rings. The molecule has 0 aliphatic rings. The monoisotopic (exact) mass is 413 g/mol. The fourth-order valence-electron chi connectivity index (χ4n) is 3.83. The molecule has 0 aliphatic carbocycles. The molecule has 3 N–H and O–H groups in total. The first kappa shape index (κ1) is 28.4. The summed E-state index contributed by atoms with van der Waals surface area (Å²) in [5.74, 6) is -0.0440. The fourth-order valence-corrected chi connectivity index (χ4v) is 3.83. The van der Waals surface area contributed by atoms with Crippen LogP contribution in [-0.2, 0) is 4.79 Å². The maximum atomic E-state index is 12.0. The van der Waals surface area contributed by atoms with E-state index in [1.807, 2.05) is 0 Å². The number of unbranched alkanes of at least 4 members (excludes halogenated alkanes) is 15. The normalized spacial score (nSPS) is 13.4.